The molecule has 7 nitrogen and oxygen atoms in total. The van der Waals surface area contributed by atoms with Crippen molar-refractivity contribution in [2.75, 3.05) is 18.6 Å². The first-order valence-electron chi connectivity index (χ1n) is 5.35. The fourth-order valence-corrected chi connectivity index (χ4v) is 3.11. The molecule has 1 amide bonds. The van der Waals surface area contributed by atoms with Crippen LogP contribution in [0.5, 0.6) is 5.88 Å². The van der Waals surface area contributed by atoms with Gasteiger partial charge in [-0.05, 0) is 22.0 Å². The summed E-state index contributed by atoms with van der Waals surface area (Å²) < 4.78 is 28.0. The van der Waals surface area contributed by atoms with Crippen molar-refractivity contribution < 1.29 is 17.9 Å². The van der Waals surface area contributed by atoms with Crippen molar-refractivity contribution in [2.45, 2.75) is 11.7 Å². The van der Waals surface area contributed by atoms with E-state index in [1.165, 1.54) is 12.0 Å². The lowest BCUT2D eigenvalue weighted by molar-refractivity contribution is -0.117. The maximum Gasteiger partial charge on any atom is 0.228 e. The van der Waals surface area contributed by atoms with Gasteiger partial charge in [-0.15, -0.1) is 0 Å². The summed E-state index contributed by atoms with van der Waals surface area (Å²) in [6, 6.07) is 3.23. The highest BCUT2D eigenvalue weighted by Crippen LogP contribution is 2.31. The molecule has 1 unspecified atom stereocenters. The number of rotatable bonds is 3. The Kier molecular flexibility index (Phi) is 3.79. The number of nitrogens with two attached hydrogens (primary N) is 1. The smallest absolute Gasteiger partial charge is 0.228 e. The maximum atomic E-state index is 11.9. The molecule has 1 aliphatic heterocycles. The van der Waals surface area contributed by atoms with E-state index in [0.717, 1.165) is 0 Å². The Morgan fingerprint density at radius 3 is 2.68 bits per heavy atom. The van der Waals surface area contributed by atoms with Gasteiger partial charge in [-0.2, -0.15) is 0 Å². The van der Waals surface area contributed by atoms with Crippen LogP contribution >= 0.6 is 15.9 Å². The number of amides is 1. The number of carbonyl (C=O) groups is 1. The van der Waals surface area contributed by atoms with E-state index in [1.54, 1.807) is 12.1 Å². The van der Waals surface area contributed by atoms with Crippen LogP contribution in [0.25, 0.3) is 0 Å². The molecule has 0 spiro atoms. The monoisotopic (exact) mass is 349 g/mol. The van der Waals surface area contributed by atoms with Crippen LogP contribution in [0, 0.1) is 0 Å². The number of ether oxygens (including phenoxy) is 1. The SMILES string of the molecule is COc1ccc(N2CC(S(N)(=O)=O)CC2=O)c(Br)n1. The Morgan fingerprint density at radius 2 is 2.21 bits per heavy atom. The zero-order valence-electron chi connectivity index (χ0n) is 10.0. The number of carbonyl (C=O) groups excluding carboxylic acids is 1. The summed E-state index contributed by atoms with van der Waals surface area (Å²) in [5.41, 5.74) is 0.497. The van der Waals surface area contributed by atoms with Crippen molar-refractivity contribution in [1.82, 2.24) is 4.98 Å². The van der Waals surface area contributed by atoms with Gasteiger partial charge in [0.2, 0.25) is 21.8 Å². The molecule has 0 saturated carbocycles. The number of halogens is 1. The zero-order chi connectivity index (χ0) is 14.2. The summed E-state index contributed by atoms with van der Waals surface area (Å²) in [5.74, 6) is 0.0944. The number of aromatic nitrogens is 1. The highest BCUT2D eigenvalue weighted by atomic mass is 79.9. The number of pyridine rings is 1. The van der Waals surface area contributed by atoms with Crippen molar-refractivity contribution in [3.8, 4) is 5.88 Å². The fourth-order valence-electron chi connectivity index (χ4n) is 1.85. The van der Waals surface area contributed by atoms with Gasteiger partial charge in [-0.25, -0.2) is 18.5 Å². The van der Waals surface area contributed by atoms with Gasteiger partial charge in [-0.3, -0.25) is 4.79 Å². The van der Waals surface area contributed by atoms with Gasteiger partial charge in [0.15, 0.2) is 0 Å². The predicted molar refractivity (Wildman–Crippen MR) is 72.4 cm³/mol. The Labute approximate surface area is 118 Å². The number of hydrogen-bond acceptors (Lipinski definition) is 5. The minimum Gasteiger partial charge on any atom is -0.481 e. The Bertz CT molecular complexity index is 619. The van der Waals surface area contributed by atoms with Gasteiger partial charge in [0.25, 0.3) is 0 Å². The highest BCUT2D eigenvalue weighted by molar-refractivity contribution is 9.10. The Hall–Kier alpha value is -1.19. The molecule has 0 bridgehead atoms. The summed E-state index contributed by atoms with van der Waals surface area (Å²) >= 11 is 3.23. The second-order valence-electron chi connectivity index (χ2n) is 4.08. The molecule has 0 aromatic carbocycles. The standard InChI is InChI=1S/C10H12BrN3O4S/c1-18-8-3-2-7(10(11)13-8)14-5-6(4-9(14)15)19(12,16)17/h2-3,6H,4-5H2,1H3,(H2,12,16,17). The van der Waals surface area contributed by atoms with E-state index < -0.39 is 15.3 Å². The van der Waals surface area contributed by atoms with Gasteiger partial charge in [0, 0.05) is 19.0 Å². The number of hydrogen-bond donors (Lipinski definition) is 1. The van der Waals surface area contributed by atoms with Gasteiger partial charge in [0.1, 0.15) is 9.85 Å². The molecule has 1 fully saturated rings. The van der Waals surface area contributed by atoms with E-state index in [1.807, 2.05) is 0 Å². The lowest BCUT2D eigenvalue weighted by Gasteiger charge is -2.17. The molecule has 0 radical (unpaired) electrons. The van der Waals surface area contributed by atoms with Gasteiger partial charge >= 0.3 is 0 Å². The fraction of sp³-hybridized carbons (Fsp3) is 0.400. The predicted octanol–water partition coefficient (Wildman–Crippen LogP) is 0.247. The molecule has 2 rings (SSSR count). The van der Waals surface area contributed by atoms with E-state index in [0.29, 0.717) is 16.2 Å². The van der Waals surface area contributed by atoms with E-state index in [9.17, 15) is 13.2 Å². The molecule has 9 heteroatoms. The molecule has 2 heterocycles. The second kappa shape index (κ2) is 5.06. The summed E-state index contributed by atoms with van der Waals surface area (Å²) in [5, 5.41) is 4.19. The third-order valence-electron chi connectivity index (χ3n) is 2.86. The van der Waals surface area contributed by atoms with Crippen LogP contribution in [0.2, 0.25) is 0 Å². The van der Waals surface area contributed by atoms with Crippen LogP contribution in [0.15, 0.2) is 16.7 Å². The molecule has 1 aromatic rings. The molecule has 0 aliphatic carbocycles. The summed E-state index contributed by atoms with van der Waals surface area (Å²) in [6.07, 6.45) is -0.114. The van der Waals surface area contributed by atoms with Crippen molar-refractivity contribution in [1.29, 1.82) is 0 Å². The quantitative estimate of drug-likeness (QED) is 0.787. The summed E-state index contributed by atoms with van der Waals surface area (Å²) in [7, 11) is -2.25. The van der Waals surface area contributed by atoms with Crippen molar-refractivity contribution in [3.05, 3.63) is 16.7 Å². The van der Waals surface area contributed by atoms with E-state index in [2.05, 4.69) is 20.9 Å². The van der Waals surface area contributed by atoms with Gasteiger partial charge < -0.3 is 9.64 Å². The number of nitrogens with zero attached hydrogens (tertiary/aromatic N) is 2. The number of sulfonamides is 1. The molecular weight excluding hydrogens is 338 g/mol. The molecule has 1 atom stereocenters. The van der Waals surface area contributed by atoms with Crippen molar-refractivity contribution in [3.63, 3.8) is 0 Å². The molecule has 1 saturated heterocycles. The van der Waals surface area contributed by atoms with Crippen molar-refractivity contribution >= 4 is 37.5 Å². The van der Waals surface area contributed by atoms with Crippen molar-refractivity contribution in [2.24, 2.45) is 5.14 Å². The first-order chi connectivity index (χ1) is 8.82. The lowest BCUT2D eigenvalue weighted by Crippen LogP contribution is -2.32. The normalized spacial score (nSPS) is 19.8. The van der Waals surface area contributed by atoms with Gasteiger partial charge in [-0.1, -0.05) is 0 Å². The third-order valence-corrected chi connectivity index (χ3v) is 4.69. The number of primary sulfonamides is 1. The summed E-state index contributed by atoms with van der Waals surface area (Å²) in [6.45, 7) is 0.0320. The van der Waals surface area contributed by atoms with Crippen LogP contribution in [0.1, 0.15) is 6.42 Å². The molecular formula is C10H12BrN3O4S. The highest BCUT2D eigenvalue weighted by Gasteiger charge is 2.38. The molecule has 2 N–H and O–H groups in total. The number of anilines is 1. The van der Waals surface area contributed by atoms with E-state index in [4.69, 9.17) is 9.88 Å². The average molecular weight is 350 g/mol. The molecule has 1 aliphatic rings. The van der Waals surface area contributed by atoms with Gasteiger partial charge in [0.05, 0.1) is 12.8 Å². The Balaban J connectivity index is 2.31. The Morgan fingerprint density at radius 1 is 1.53 bits per heavy atom. The van der Waals surface area contributed by atoms with Crippen LogP contribution in [-0.4, -0.2) is 38.2 Å². The molecule has 104 valence electrons. The second-order valence-corrected chi connectivity index (χ2v) is 6.68. The third kappa shape index (κ3) is 2.88. The lowest BCUT2D eigenvalue weighted by atomic mass is 10.4. The molecule has 1 aromatic heterocycles. The minimum atomic E-state index is -3.72. The molecule has 19 heavy (non-hydrogen) atoms. The zero-order valence-corrected chi connectivity index (χ0v) is 12.4. The van der Waals surface area contributed by atoms with Crippen LogP contribution < -0.4 is 14.8 Å². The summed E-state index contributed by atoms with van der Waals surface area (Å²) in [4.78, 5) is 17.3. The number of methoxy groups -OCH3 is 1. The van der Waals surface area contributed by atoms with E-state index >= 15 is 0 Å². The first-order valence-corrected chi connectivity index (χ1v) is 7.75. The van der Waals surface area contributed by atoms with Crippen LogP contribution in [0.3, 0.4) is 0 Å². The van der Waals surface area contributed by atoms with Crippen LogP contribution in [0.4, 0.5) is 5.69 Å². The first kappa shape index (κ1) is 14.2. The maximum absolute atomic E-state index is 11.9. The van der Waals surface area contributed by atoms with Crippen LogP contribution in [-0.2, 0) is 14.8 Å². The average Bonchev–Trinajstić information content (AvgIpc) is 2.71. The minimum absolute atomic E-state index is 0.0320. The topological polar surface area (TPSA) is 103 Å². The van der Waals surface area contributed by atoms with E-state index in [-0.39, 0.29) is 18.9 Å². The largest absolute Gasteiger partial charge is 0.481 e.